The predicted octanol–water partition coefficient (Wildman–Crippen LogP) is 2.16. The number of unbranched alkanes of at least 4 members (excludes halogenated alkanes) is 1. The summed E-state index contributed by atoms with van der Waals surface area (Å²) in [7, 11) is -3.64. The van der Waals surface area contributed by atoms with Crippen LogP contribution in [0.15, 0.2) is 0 Å². The Bertz CT molecular complexity index is 108. The molecule has 0 aromatic rings. The fourth-order valence-corrected chi connectivity index (χ4v) is 3.35. The molecule has 0 aromatic carbocycles. The first-order valence-electron chi connectivity index (χ1n) is 4.65. The van der Waals surface area contributed by atoms with E-state index in [1.807, 2.05) is 26.2 Å². The Morgan fingerprint density at radius 1 is 0.750 bits per heavy atom. The first-order chi connectivity index (χ1) is 5.21. The molecule has 0 atom stereocenters. The summed E-state index contributed by atoms with van der Waals surface area (Å²) in [5.41, 5.74) is 0. The van der Waals surface area contributed by atoms with E-state index >= 15 is 0 Å². The summed E-state index contributed by atoms with van der Waals surface area (Å²) in [6.07, 6.45) is 2.15. The second-order valence-electron chi connectivity index (χ2n) is 4.83. The standard InChI is InChI=1S/C8H22O2Si2/c1-11(2,9)7-5-6-8-12(3,4)10/h9-10H,5-8H2,1-4H3. The van der Waals surface area contributed by atoms with Crippen molar-refractivity contribution in [3.8, 4) is 0 Å². The molecule has 2 nitrogen and oxygen atoms in total. The van der Waals surface area contributed by atoms with Gasteiger partial charge in [0.1, 0.15) is 0 Å². The van der Waals surface area contributed by atoms with Gasteiger partial charge in [0.25, 0.3) is 0 Å². The third-order valence-corrected chi connectivity index (χ3v) is 4.98. The van der Waals surface area contributed by atoms with Gasteiger partial charge in [-0.1, -0.05) is 12.8 Å². The van der Waals surface area contributed by atoms with Crippen molar-refractivity contribution in [2.45, 2.75) is 51.1 Å². The molecule has 0 heterocycles. The van der Waals surface area contributed by atoms with E-state index in [9.17, 15) is 9.59 Å². The molecule has 0 radical (unpaired) electrons. The fraction of sp³-hybridized carbons (Fsp3) is 1.00. The lowest BCUT2D eigenvalue weighted by molar-refractivity contribution is 0.531. The van der Waals surface area contributed by atoms with E-state index < -0.39 is 16.6 Å². The summed E-state index contributed by atoms with van der Waals surface area (Å²) in [6, 6.07) is 1.94. The first-order valence-corrected chi connectivity index (χ1v) is 11.0. The van der Waals surface area contributed by atoms with E-state index in [0.717, 1.165) is 24.9 Å². The monoisotopic (exact) mass is 206 g/mol. The molecule has 12 heavy (non-hydrogen) atoms. The number of hydrogen-bond acceptors (Lipinski definition) is 2. The molecular weight excluding hydrogens is 184 g/mol. The number of hydrogen-bond donors (Lipinski definition) is 2. The summed E-state index contributed by atoms with van der Waals surface area (Å²) in [6.45, 7) is 7.87. The molecular formula is C8H22O2Si2. The third-order valence-electron chi connectivity index (χ3n) is 1.83. The summed E-state index contributed by atoms with van der Waals surface area (Å²) >= 11 is 0. The normalized spacial score (nSPS) is 13.5. The molecule has 0 aliphatic heterocycles. The Hall–Kier alpha value is 0.354. The van der Waals surface area contributed by atoms with Crippen molar-refractivity contribution in [3.05, 3.63) is 0 Å². The van der Waals surface area contributed by atoms with Gasteiger partial charge in [-0.15, -0.1) is 0 Å². The Morgan fingerprint density at radius 2 is 1.00 bits per heavy atom. The smallest absolute Gasteiger partial charge is 0.182 e. The Labute approximate surface area is 77.9 Å². The largest absolute Gasteiger partial charge is 0.432 e. The summed E-state index contributed by atoms with van der Waals surface area (Å²) in [4.78, 5) is 19.1. The molecule has 0 fully saturated rings. The highest BCUT2D eigenvalue weighted by Gasteiger charge is 2.19. The molecule has 0 aliphatic rings. The molecule has 0 aliphatic carbocycles. The molecule has 0 aromatic heterocycles. The van der Waals surface area contributed by atoms with Crippen molar-refractivity contribution in [2.75, 3.05) is 0 Å². The fourth-order valence-electron chi connectivity index (χ4n) is 1.12. The van der Waals surface area contributed by atoms with Gasteiger partial charge in [-0.3, -0.25) is 0 Å². The van der Waals surface area contributed by atoms with Crippen LogP contribution in [0.25, 0.3) is 0 Å². The van der Waals surface area contributed by atoms with Crippen molar-refractivity contribution in [1.82, 2.24) is 0 Å². The average Bonchev–Trinajstić information content (AvgIpc) is 1.76. The van der Waals surface area contributed by atoms with Gasteiger partial charge >= 0.3 is 0 Å². The molecule has 4 heteroatoms. The summed E-state index contributed by atoms with van der Waals surface area (Å²) < 4.78 is 0. The molecule has 0 saturated carbocycles. The second kappa shape index (κ2) is 4.55. The van der Waals surface area contributed by atoms with Gasteiger partial charge in [0.15, 0.2) is 16.6 Å². The maximum Gasteiger partial charge on any atom is 0.182 e. The van der Waals surface area contributed by atoms with Gasteiger partial charge in [0, 0.05) is 0 Å². The van der Waals surface area contributed by atoms with E-state index in [0.29, 0.717) is 0 Å². The lowest BCUT2D eigenvalue weighted by Gasteiger charge is -2.16. The lowest BCUT2D eigenvalue weighted by Crippen LogP contribution is -2.26. The average molecular weight is 206 g/mol. The quantitative estimate of drug-likeness (QED) is 0.534. The van der Waals surface area contributed by atoms with Gasteiger partial charge < -0.3 is 9.59 Å². The number of rotatable bonds is 5. The van der Waals surface area contributed by atoms with Gasteiger partial charge in [-0.25, -0.2) is 0 Å². The highest BCUT2D eigenvalue weighted by Crippen LogP contribution is 2.15. The minimum atomic E-state index is -1.82. The van der Waals surface area contributed by atoms with Crippen molar-refractivity contribution >= 4 is 16.6 Å². The predicted molar refractivity (Wildman–Crippen MR) is 58.2 cm³/mol. The maximum atomic E-state index is 9.53. The SMILES string of the molecule is C[Si](C)(O)CCCC[Si](C)(C)O. The third kappa shape index (κ3) is 10.4. The lowest BCUT2D eigenvalue weighted by atomic mass is 10.4. The molecule has 0 unspecified atom stereocenters. The topological polar surface area (TPSA) is 40.5 Å². The van der Waals surface area contributed by atoms with Crippen LogP contribution < -0.4 is 0 Å². The van der Waals surface area contributed by atoms with Crippen molar-refractivity contribution in [1.29, 1.82) is 0 Å². The van der Waals surface area contributed by atoms with Gasteiger partial charge in [-0.2, -0.15) is 0 Å². The van der Waals surface area contributed by atoms with Crippen LogP contribution in [-0.2, 0) is 0 Å². The van der Waals surface area contributed by atoms with Crippen LogP contribution in [0.2, 0.25) is 38.3 Å². The van der Waals surface area contributed by atoms with Crippen molar-refractivity contribution in [2.24, 2.45) is 0 Å². The molecule has 74 valence electrons. The molecule has 0 spiro atoms. The zero-order valence-electron chi connectivity index (χ0n) is 8.72. The van der Waals surface area contributed by atoms with Crippen LogP contribution >= 0.6 is 0 Å². The van der Waals surface area contributed by atoms with Crippen LogP contribution in [-0.4, -0.2) is 26.2 Å². The van der Waals surface area contributed by atoms with Crippen molar-refractivity contribution in [3.63, 3.8) is 0 Å². The van der Waals surface area contributed by atoms with E-state index in [-0.39, 0.29) is 0 Å². The highest BCUT2D eigenvalue weighted by atomic mass is 28.4. The Balaban J connectivity index is 3.35. The van der Waals surface area contributed by atoms with E-state index in [2.05, 4.69) is 0 Å². The van der Waals surface area contributed by atoms with Crippen LogP contribution in [0.1, 0.15) is 12.8 Å². The molecule has 2 N–H and O–H groups in total. The van der Waals surface area contributed by atoms with Crippen molar-refractivity contribution < 1.29 is 9.59 Å². The molecule has 0 amide bonds. The van der Waals surface area contributed by atoms with Crippen LogP contribution in [0.3, 0.4) is 0 Å². The van der Waals surface area contributed by atoms with Gasteiger partial charge in [0.05, 0.1) is 0 Å². The van der Waals surface area contributed by atoms with Crippen LogP contribution in [0.4, 0.5) is 0 Å². The maximum absolute atomic E-state index is 9.53. The zero-order valence-corrected chi connectivity index (χ0v) is 10.7. The van der Waals surface area contributed by atoms with E-state index in [1.54, 1.807) is 0 Å². The van der Waals surface area contributed by atoms with Crippen LogP contribution in [0.5, 0.6) is 0 Å². The zero-order chi connectivity index (χ0) is 9.83. The van der Waals surface area contributed by atoms with Gasteiger partial charge in [-0.05, 0) is 38.3 Å². The molecule has 0 rings (SSSR count). The van der Waals surface area contributed by atoms with Gasteiger partial charge in [0.2, 0.25) is 0 Å². The molecule has 0 bridgehead atoms. The minimum Gasteiger partial charge on any atom is -0.432 e. The summed E-state index contributed by atoms with van der Waals surface area (Å²) in [5.74, 6) is 0. The second-order valence-corrected chi connectivity index (χ2v) is 13.1. The van der Waals surface area contributed by atoms with Crippen LogP contribution in [0, 0.1) is 0 Å². The van der Waals surface area contributed by atoms with E-state index in [1.165, 1.54) is 0 Å². The first kappa shape index (κ1) is 12.4. The Kier molecular flexibility index (Phi) is 4.69. The summed E-state index contributed by atoms with van der Waals surface area (Å²) in [5, 5.41) is 0. The Morgan fingerprint density at radius 3 is 1.17 bits per heavy atom. The minimum absolute atomic E-state index is 0.970. The molecule has 0 saturated heterocycles. The van der Waals surface area contributed by atoms with E-state index in [4.69, 9.17) is 0 Å². The highest BCUT2D eigenvalue weighted by molar-refractivity contribution is 6.70.